The smallest absolute Gasteiger partial charge is 0.298 e. The fourth-order valence-corrected chi connectivity index (χ4v) is 4.26. The Morgan fingerprint density at radius 3 is 2.63 bits per heavy atom. The van der Waals surface area contributed by atoms with Gasteiger partial charge in [0.2, 0.25) is 0 Å². The third-order valence-corrected chi connectivity index (χ3v) is 5.36. The monoisotopic (exact) mass is 443 g/mol. The lowest BCUT2D eigenvalue weighted by Gasteiger charge is -2.13. The zero-order valence-corrected chi connectivity index (χ0v) is 17.2. The lowest BCUT2D eigenvalue weighted by Crippen LogP contribution is -2.27. The number of allylic oxidation sites excluding steroid dienone is 1. The molecule has 3 rings (SSSR count). The lowest BCUT2D eigenvalue weighted by molar-refractivity contribution is -0.113. The highest BCUT2D eigenvalue weighted by atomic mass is 79.9. The first-order chi connectivity index (χ1) is 13.0. The SMILES string of the molecule is C=CCc1cc(/C=C2\SC(=O)N(c3ccccc3)C2=O)cc(Br)c1OCC. The third-order valence-electron chi connectivity index (χ3n) is 3.90. The van der Waals surface area contributed by atoms with Crippen LogP contribution in [0, 0.1) is 0 Å². The number of hydrogen-bond donors (Lipinski definition) is 0. The lowest BCUT2D eigenvalue weighted by atomic mass is 10.1. The molecule has 2 amide bonds. The Balaban J connectivity index is 1.96. The van der Waals surface area contributed by atoms with Crippen LogP contribution < -0.4 is 9.64 Å². The molecule has 2 aromatic carbocycles. The average molecular weight is 444 g/mol. The molecule has 1 aliphatic rings. The Morgan fingerprint density at radius 2 is 1.96 bits per heavy atom. The van der Waals surface area contributed by atoms with E-state index in [2.05, 4.69) is 22.5 Å². The number of rotatable bonds is 6. The summed E-state index contributed by atoms with van der Waals surface area (Å²) in [6.45, 7) is 6.27. The average Bonchev–Trinajstić information content (AvgIpc) is 2.92. The normalized spacial score (nSPS) is 15.5. The molecule has 0 aliphatic carbocycles. The number of carbonyl (C=O) groups excluding carboxylic acids is 2. The largest absolute Gasteiger partial charge is 0.492 e. The van der Waals surface area contributed by atoms with Gasteiger partial charge in [-0.05, 0) is 82.5 Å². The van der Waals surface area contributed by atoms with E-state index in [1.54, 1.807) is 36.4 Å². The minimum atomic E-state index is -0.313. The first-order valence-electron chi connectivity index (χ1n) is 8.44. The number of thioether (sulfide) groups is 1. The van der Waals surface area contributed by atoms with Crippen molar-refractivity contribution in [1.82, 2.24) is 0 Å². The zero-order chi connectivity index (χ0) is 19.4. The summed E-state index contributed by atoms with van der Waals surface area (Å²) in [6.07, 6.45) is 4.18. The van der Waals surface area contributed by atoms with Crippen molar-refractivity contribution >= 4 is 50.6 Å². The van der Waals surface area contributed by atoms with Crippen LogP contribution >= 0.6 is 27.7 Å². The number of nitrogens with zero attached hydrogens (tertiary/aromatic N) is 1. The molecule has 6 heteroatoms. The quantitative estimate of drug-likeness (QED) is 0.416. The van der Waals surface area contributed by atoms with Crippen molar-refractivity contribution in [1.29, 1.82) is 0 Å². The molecule has 0 spiro atoms. The van der Waals surface area contributed by atoms with Crippen LogP contribution in [0.3, 0.4) is 0 Å². The minimum absolute atomic E-state index is 0.297. The number of para-hydroxylation sites is 1. The van der Waals surface area contributed by atoms with Gasteiger partial charge >= 0.3 is 0 Å². The molecule has 0 aromatic heterocycles. The van der Waals surface area contributed by atoms with E-state index in [9.17, 15) is 9.59 Å². The van der Waals surface area contributed by atoms with Crippen molar-refractivity contribution < 1.29 is 14.3 Å². The molecule has 2 aromatic rings. The van der Waals surface area contributed by atoms with Gasteiger partial charge in [-0.15, -0.1) is 6.58 Å². The Hall–Kier alpha value is -2.31. The maximum atomic E-state index is 12.7. The maximum Gasteiger partial charge on any atom is 0.298 e. The molecule has 1 fully saturated rings. The number of imide groups is 1. The summed E-state index contributed by atoms with van der Waals surface area (Å²) in [5.74, 6) is 0.457. The molecule has 0 N–H and O–H groups in total. The Labute approximate surface area is 171 Å². The van der Waals surface area contributed by atoms with Gasteiger partial charge in [-0.2, -0.15) is 0 Å². The summed E-state index contributed by atoms with van der Waals surface area (Å²) in [6, 6.07) is 12.8. The summed E-state index contributed by atoms with van der Waals surface area (Å²) in [5, 5.41) is -0.297. The summed E-state index contributed by atoms with van der Waals surface area (Å²) in [5.41, 5.74) is 2.36. The standard InChI is InChI=1S/C21H18BrNO3S/c1-3-8-15-11-14(12-17(22)19(15)26-4-2)13-18-20(24)23(21(25)27-18)16-9-6-5-7-10-16/h3,5-7,9-13H,1,4,8H2,2H3/b18-13-. The molecule has 1 saturated heterocycles. The van der Waals surface area contributed by atoms with E-state index in [0.717, 1.165) is 33.1 Å². The highest BCUT2D eigenvalue weighted by Crippen LogP contribution is 2.37. The predicted octanol–water partition coefficient (Wildman–Crippen LogP) is 5.82. The molecule has 0 radical (unpaired) electrons. The second-order valence-corrected chi connectivity index (χ2v) is 7.62. The number of hydrogen-bond acceptors (Lipinski definition) is 4. The van der Waals surface area contributed by atoms with Gasteiger partial charge in [-0.1, -0.05) is 24.3 Å². The number of amides is 2. The molecule has 0 bridgehead atoms. The van der Waals surface area contributed by atoms with Gasteiger partial charge in [0, 0.05) is 0 Å². The molecular weight excluding hydrogens is 426 g/mol. The van der Waals surface area contributed by atoms with Gasteiger partial charge in [-0.3, -0.25) is 9.59 Å². The van der Waals surface area contributed by atoms with Crippen LogP contribution in [0.25, 0.3) is 6.08 Å². The molecule has 1 aliphatic heterocycles. The van der Waals surface area contributed by atoms with Crippen molar-refractivity contribution in [3.05, 3.63) is 75.6 Å². The minimum Gasteiger partial charge on any atom is -0.492 e. The van der Waals surface area contributed by atoms with Crippen molar-refractivity contribution in [3.63, 3.8) is 0 Å². The third kappa shape index (κ3) is 4.17. The summed E-state index contributed by atoms with van der Waals surface area (Å²) < 4.78 is 6.51. The predicted molar refractivity (Wildman–Crippen MR) is 114 cm³/mol. The van der Waals surface area contributed by atoms with Crippen LogP contribution in [0.4, 0.5) is 10.5 Å². The van der Waals surface area contributed by atoms with Crippen molar-refractivity contribution in [2.24, 2.45) is 0 Å². The van der Waals surface area contributed by atoms with E-state index >= 15 is 0 Å². The highest BCUT2D eigenvalue weighted by molar-refractivity contribution is 9.10. The second kappa shape index (κ2) is 8.59. The number of benzene rings is 2. The molecule has 0 atom stereocenters. The zero-order valence-electron chi connectivity index (χ0n) is 14.8. The Kier molecular flexibility index (Phi) is 6.19. The molecule has 1 heterocycles. The van der Waals surface area contributed by atoms with Crippen molar-refractivity contribution in [2.45, 2.75) is 13.3 Å². The van der Waals surface area contributed by atoms with E-state index in [1.807, 2.05) is 25.1 Å². The van der Waals surface area contributed by atoms with Crippen LogP contribution in [-0.4, -0.2) is 17.8 Å². The van der Waals surface area contributed by atoms with Gasteiger partial charge in [-0.25, -0.2) is 4.90 Å². The molecule has 0 unspecified atom stereocenters. The molecule has 4 nitrogen and oxygen atoms in total. The number of halogens is 1. The first kappa shape index (κ1) is 19.5. The summed E-state index contributed by atoms with van der Waals surface area (Å²) >= 11 is 4.48. The van der Waals surface area contributed by atoms with Gasteiger partial charge in [0.05, 0.1) is 21.7 Å². The van der Waals surface area contributed by atoms with E-state index in [0.29, 0.717) is 23.6 Å². The van der Waals surface area contributed by atoms with Crippen molar-refractivity contribution in [3.8, 4) is 5.75 Å². The topological polar surface area (TPSA) is 46.6 Å². The van der Waals surface area contributed by atoms with Gasteiger partial charge in [0.25, 0.3) is 11.1 Å². The van der Waals surface area contributed by atoms with Crippen LogP contribution in [0.2, 0.25) is 0 Å². The van der Waals surface area contributed by atoms with Crippen LogP contribution in [0.1, 0.15) is 18.1 Å². The van der Waals surface area contributed by atoms with Crippen molar-refractivity contribution in [2.75, 3.05) is 11.5 Å². The van der Waals surface area contributed by atoms with E-state index in [4.69, 9.17) is 4.74 Å². The number of carbonyl (C=O) groups is 2. The molecular formula is C21H18BrNO3S. The number of ether oxygens (including phenoxy) is 1. The van der Waals surface area contributed by atoms with Crippen LogP contribution in [0.15, 0.2) is 64.5 Å². The van der Waals surface area contributed by atoms with Crippen LogP contribution in [0.5, 0.6) is 5.75 Å². The fourth-order valence-electron chi connectivity index (χ4n) is 2.79. The summed E-state index contributed by atoms with van der Waals surface area (Å²) in [4.78, 5) is 26.7. The first-order valence-corrected chi connectivity index (χ1v) is 10.0. The van der Waals surface area contributed by atoms with Gasteiger partial charge in [0.1, 0.15) is 5.75 Å². The Bertz CT molecular complexity index is 925. The van der Waals surface area contributed by atoms with Crippen LogP contribution in [-0.2, 0) is 11.2 Å². The second-order valence-electron chi connectivity index (χ2n) is 5.77. The van der Waals surface area contributed by atoms with Gasteiger partial charge < -0.3 is 4.74 Å². The van der Waals surface area contributed by atoms with E-state index in [-0.39, 0.29) is 11.1 Å². The molecule has 27 heavy (non-hydrogen) atoms. The van der Waals surface area contributed by atoms with Gasteiger partial charge in [0.15, 0.2) is 0 Å². The number of anilines is 1. The summed E-state index contributed by atoms with van der Waals surface area (Å²) in [7, 11) is 0. The van der Waals surface area contributed by atoms with E-state index in [1.165, 1.54) is 4.90 Å². The highest BCUT2D eigenvalue weighted by Gasteiger charge is 2.36. The van der Waals surface area contributed by atoms with E-state index < -0.39 is 0 Å². The maximum absolute atomic E-state index is 12.7. The Morgan fingerprint density at radius 1 is 1.22 bits per heavy atom. The molecule has 0 saturated carbocycles. The molecule has 138 valence electrons. The fraction of sp³-hybridized carbons (Fsp3) is 0.143.